The van der Waals surface area contributed by atoms with Crippen LogP contribution in [0, 0.1) is 16.0 Å². The van der Waals surface area contributed by atoms with Gasteiger partial charge in [-0.25, -0.2) is 9.48 Å². The van der Waals surface area contributed by atoms with Gasteiger partial charge in [0.2, 0.25) is 0 Å². The summed E-state index contributed by atoms with van der Waals surface area (Å²) in [7, 11) is 0. The quantitative estimate of drug-likeness (QED) is 0.570. The first-order valence-corrected chi connectivity index (χ1v) is 7.48. The molecule has 132 valence electrons. The number of aliphatic carboxylic acids is 1. The SMILES string of the molecule is CC(C)C[C@@H](NC(=O)c1cn(-c2cccc([N+](=O)[O-])c2)nn1)C(=O)O. The molecule has 0 bridgehead atoms. The molecule has 25 heavy (non-hydrogen) atoms. The lowest BCUT2D eigenvalue weighted by Crippen LogP contribution is -2.41. The van der Waals surface area contributed by atoms with E-state index in [0.717, 1.165) is 0 Å². The second kappa shape index (κ2) is 7.51. The monoisotopic (exact) mass is 347 g/mol. The number of carbonyl (C=O) groups excluding carboxylic acids is 1. The standard InChI is InChI=1S/C15H17N5O5/c1-9(2)6-12(15(22)23)16-14(21)13-8-19(18-17-13)10-4-3-5-11(7-10)20(24)25/h3-5,7-9,12H,6H2,1-2H3,(H,16,21)(H,22,23)/t12-/m1/s1. The van der Waals surface area contributed by atoms with Gasteiger partial charge in [0.15, 0.2) is 5.69 Å². The number of rotatable bonds is 7. The molecule has 2 aromatic rings. The Morgan fingerprint density at radius 3 is 2.72 bits per heavy atom. The highest BCUT2D eigenvalue weighted by atomic mass is 16.6. The van der Waals surface area contributed by atoms with Crippen LogP contribution in [0.25, 0.3) is 5.69 Å². The summed E-state index contributed by atoms with van der Waals surface area (Å²) in [5.41, 5.74) is 0.154. The molecule has 0 aliphatic carbocycles. The molecule has 0 radical (unpaired) electrons. The van der Waals surface area contributed by atoms with Crippen molar-refractivity contribution in [2.75, 3.05) is 0 Å². The molecule has 0 saturated carbocycles. The van der Waals surface area contributed by atoms with Crippen LogP contribution in [0.3, 0.4) is 0 Å². The van der Waals surface area contributed by atoms with Gasteiger partial charge in [-0.2, -0.15) is 0 Å². The zero-order valence-electron chi connectivity index (χ0n) is 13.6. The van der Waals surface area contributed by atoms with Crippen molar-refractivity contribution in [3.63, 3.8) is 0 Å². The number of hydrogen-bond donors (Lipinski definition) is 2. The number of benzene rings is 1. The smallest absolute Gasteiger partial charge is 0.326 e. The van der Waals surface area contributed by atoms with Crippen LogP contribution in [0.4, 0.5) is 5.69 Å². The van der Waals surface area contributed by atoms with Crippen LogP contribution in [0.1, 0.15) is 30.8 Å². The number of nitro benzene ring substituents is 1. The zero-order valence-corrected chi connectivity index (χ0v) is 13.6. The molecule has 2 rings (SSSR count). The third kappa shape index (κ3) is 4.59. The third-order valence-electron chi connectivity index (χ3n) is 3.34. The number of nitrogens with zero attached hydrogens (tertiary/aromatic N) is 4. The van der Waals surface area contributed by atoms with Crippen LogP contribution in [0.15, 0.2) is 30.5 Å². The average molecular weight is 347 g/mol. The molecule has 0 spiro atoms. The first kappa shape index (κ1) is 18.0. The van der Waals surface area contributed by atoms with Crippen molar-refractivity contribution < 1.29 is 19.6 Å². The Morgan fingerprint density at radius 2 is 2.12 bits per heavy atom. The van der Waals surface area contributed by atoms with Crippen molar-refractivity contribution in [1.29, 1.82) is 0 Å². The topological polar surface area (TPSA) is 140 Å². The highest BCUT2D eigenvalue weighted by molar-refractivity contribution is 5.94. The first-order chi connectivity index (χ1) is 11.8. The van der Waals surface area contributed by atoms with Gasteiger partial charge >= 0.3 is 5.97 Å². The minimum Gasteiger partial charge on any atom is -0.480 e. The van der Waals surface area contributed by atoms with Crippen LogP contribution < -0.4 is 5.32 Å². The maximum absolute atomic E-state index is 12.2. The lowest BCUT2D eigenvalue weighted by atomic mass is 10.0. The number of amides is 1. The van der Waals surface area contributed by atoms with Crippen LogP contribution in [0.2, 0.25) is 0 Å². The van der Waals surface area contributed by atoms with E-state index in [1.165, 1.54) is 29.1 Å². The summed E-state index contributed by atoms with van der Waals surface area (Å²) in [4.78, 5) is 33.6. The van der Waals surface area contributed by atoms with E-state index in [1.807, 2.05) is 13.8 Å². The summed E-state index contributed by atoms with van der Waals surface area (Å²) in [6.45, 7) is 3.70. The number of aromatic nitrogens is 3. The third-order valence-corrected chi connectivity index (χ3v) is 3.34. The number of carboxylic acids is 1. The number of carbonyl (C=O) groups is 2. The van der Waals surface area contributed by atoms with Gasteiger partial charge in [-0.1, -0.05) is 25.1 Å². The van der Waals surface area contributed by atoms with Crippen LogP contribution in [-0.4, -0.2) is 42.9 Å². The van der Waals surface area contributed by atoms with Crippen molar-refractivity contribution in [1.82, 2.24) is 20.3 Å². The van der Waals surface area contributed by atoms with Crippen molar-refractivity contribution in [2.24, 2.45) is 5.92 Å². The Hall–Kier alpha value is -3.30. The Morgan fingerprint density at radius 1 is 1.40 bits per heavy atom. The van der Waals surface area contributed by atoms with Crippen molar-refractivity contribution in [3.8, 4) is 5.69 Å². The average Bonchev–Trinajstić information content (AvgIpc) is 3.04. The van der Waals surface area contributed by atoms with Gasteiger partial charge in [0.1, 0.15) is 6.04 Å². The minimum atomic E-state index is -1.13. The van der Waals surface area contributed by atoms with E-state index in [-0.39, 0.29) is 23.7 Å². The van der Waals surface area contributed by atoms with E-state index in [1.54, 1.807) is 6.07 Å². The fourth-order valence-corrected chi connectivity index (χ4v) is 2.17. The highest BCUT2D eigenvalue weighted by Gasteiger charge is 2.23. The number of non-ortho nitro benzene ring substituents is 1. The lowest BCUT2D eigenvalue weighted by Gasteiger charge is -2.15. The molecular formula is C15H17N5O5. The summed E-state index contributed by atoms with van der Waals surface area (Å²) in [5, 5.41) is 29.8. The largest absolute Gasteiger partial charge is 0.480 e. The molecule has 1 aromatic heterocycles. The van der Waals surface area contributed by atoms with Crippen molar-refractivity contribution >= 4 is 17.6 Å². The van der Waals surface area contributed by atoms with Crippen LogP contribution >= 0.6 is 0 Å². The minimum absolute atomic E-state index is 0.0819. The fraction of sp³-hybridized carbons (Fsp3) is 0.333. The number of nitrogens with one attached hydrogen (secondary N) is 1. The summed E-state index contributed by atoms with van der Waals surface area (Å²) in [5.74, 6) is -1.72. The Balaban J connectivity index is 2.17. The molecule has 10 heteroatoms. The van der Waals surface area contributed by atoms with E-state index in [9.17, 15) is 19.7 Å². The first-order valence-electron chi connectivity index (χ1n) is 7.48. The van der Waals surface area contributed by atoms with E-state index < -0.39 is 22.8 Å². The molecular weight excluding hydrogens is 330 g/mol. The van der Waals surface area contributed by atoms with Gasteiger partial charge in [0.25, 0.3) is 11.6 Å². The molecule has 10 nitrogen and oxygen atoms in total. The van der Waals surface area contributed by atoms with Gasteiger partial charge in [-0.05, 0) is 18.4 Å². The summed E-state index contributed by atoms with van der Waals surface area (Å²) >= 11 is 0. The predicted molar refractivity (Wildman–Crippen MR) is 86.4 cm³/mol. The van der Waals surface area contributed by atoms with E-state index in [0.29, 0.717) is 5.69 Å². The Kier molecular flexibility index (Phi) is 5.42. The van der Waals surface area contributed by atoms with Crippen LogP contribution in [0.5, 0.6) is 0 Å². The lowest BCUT2D eigenvalue weighted by molar-refractivity contribution is -0.384. The molecule has 1 aromatic carbocycles. The second-order valence-corrected chi connectivity index (χ2v) is 5.82. The van der Waals surface area contributed by atoms with Crippen molar-refractivity contribution in [3.05, 3.63) is 46.3 Å². The second-order valence-electron chi connectivity index (χ2n) is 5.82. The molecule has 2 N–H and O–H groups in total. The maximum Gasteiger partial charge on any atom is 0.326 e. The van der Waals surface area contributed by atoms with Gasteiger partial charge in [-0.3, -0.25) is 14.9 Å². The van der Waals surface area contributed by atoms with Gasteiger partial charge in [0, 0.05) is 12.1 Å². The van der Waals surface area contributed by atoms with Crippen molar-refractivity contribution in [2.45, 2.75) is 26.3 Å². The van der Waals surface area contributed by atoms with Gasteiger partial charge in [0.05, 0.1) is 16.8 Å². The summed E-state index contributed by atoms with van der Waals surface area (Å²) < 4.78 is 1.21. The molecule has 1 amide bonds. The molecule has 0 aliphatic rings. The molecule has 0 aliphatic heterocycles. The predicted octanol–water partition coefficient (Wildman–Crippen LogP) is 1.40. The molecule has 0 fully saturated rings. The fourth-order valence-electron chi connectivity index (χ4n) is 2.17. The molecule has 1 heterocycles. The Labute approximate surface area is 142 Å². The van der Waals surface area contributed by atoms with Gasteiger partial charge < -0.3 is 10.4 Å². The van der Waals surface area contributed by atoms with E-state index in [2.05, 4.69) is 15.6 Å². The van der Waals surface area contributed by atoms with Crippen LogP contribution in [-0.2, 0) is 4.79 Å². The molecule has 0 saturated heterocycles. The summed E-state index contributed by atoms with van der Waals surface area (Å²) in [6, 6.07) is 4.64. The number of hydrogen-bond acceptors (Lipinski definition) is 6. The molecule has 1 atom stereocenters. The zero-order chi connectivity index (χ0) is 18.6. The number of nitro groups is 1. The Bertz CT molecular complexity index is 801. The van der Waals surface area contributed by atoms with Gasteiger partial charge in [-0.15, -0.1) is 5.10 Å². The number of carboxylic acid groups (broad SMARTS) is 1. The van der Waals surface area contributed by atoms with E-state index >= 15 is 0 Å². The van der Waals surface area contributed by atoms with E-state index in [4.69, 9.17) is 5.11 Å². The normalized spacial score (nSPS) is 12.0. The summed E-state index contributed by atoms with van der Waals surface area (Å²) in [6.07, 6.45) is 1.56. The highest BCUT2D eigenvalue weighted by Crippen LogP contribution is 2.16. The molecule has 0 unspecified atom stereocenters. The maximum atomic E-state index is 12.2.